The minimum absolute atomic E-state index is 0.0962. The maximum atomic E-state index is 10.9. The molecule has 1 N–H and O–H groups in total. The monoisotopic (exact) mass is 536 g/mol. The van der Waals surface area contributed by atoms with Crippen LogP contribution in [-0.2, 0) is 15.6 Å². The van der Waals surface area contributed by atoms with Crippen molar-refractivity contribution in [3.05, 3.63) is 96.1 Å². The van der Waals surface area contributed by atoms with Crippen LogP contribution >= 0.6 is 0 Å². The normalized spacial score (nSPS) is 15.2. The summed E-state index contributed by atoms with van der Waals surface area (Å²) in [7, 11) is 1.61. The largest absolute Gasteiger partial charge is 0.511 e. The number of ether oxygens (including phenoxy) is 3. The molecule has 1 aliphatic carbocycles. The second kappa shape index (κ2) is 10.8. The van der Waals surface area contributed by atoms with E-state index in [1.54, 1.807) is 19.2 Å². The van der Waals surface area contributed by atoms with Gasteiger partial charge in [0.05, 0.1) is 0 Å². The Balaban J connectivity index is 1.63. The second-order valence-electron chi connectivity index (χ2n) is 11.8. The van der Waals surface area contributed by atoms with Crippen molar-refractivity contribution in [3.63, 3.8) is 0 Å². The van der Waals surface area contributed by atoms with Gasteiger partial charge >= 0.3 is 6.16 Å². The SMILES string of the molecule is COCOc1ccc(-c2ccc(-c3ccc(OC(=O)O)cc3)cc2-c2ccc3c(c2)C(C)(C)CCC3(C)C)cc1. The van der Waals surface area contributed by atoms with Crippen LogP contribution in [0, 0.1) is 0 Å². The Labute approximate surface area is 236 Å². The number of fused-ring (bicyclic) bond motifs is 1. The van der Waals surface area contributed by atoms with Crippen molar-refractivity contribution in [2.45, 2.75) is 51.4 Å². The van der Waals surface area contributed by atoms with Crippen LogP contribution in [0.3, 0.4) is 0 Å². The molecule has 5 rings (SSSR count). The molecule has 0 unspecified atom stereocenters. The van der Waals surface area contributed by atoms with Crippen molar-refractivity contribution in [2.24, 2.45) is 0 Å². The zero-order valence-electron chi connectivity index (χ0n) is 23.8. The molecule has 0 bridgehead atoms. The Kier molecular flexibility index (Phi) is 7.43. The van der Waals surface area contributed by atoms with Crippen LogP contribution in [0.4, 0.5) is 4.79 Å². The number of hydrogen-bond acceptors (Lipinski definition) is 4. The van der Waals surface area contributed by atoms with E-state index in [2.05, 4.69) is 76.2 Å². The molecule has 0 fully saturated rings. The molecule has 4 aromatic carbocycles. The first-order valence-electron chi connectivity index (χ1n) is 13.6. The Morgan fingerprint density at radius 2 is 1.25 bits per heavy atom. The van der Waals surface area contributed by atoms with Crippen LogP contribution in [0.1, 0.15) is 51.7 Å². The van der Waals surface area contributed by atoms with Crippen molar-refractivity contribution in [3.8, 4) is 44.9 Å². The summed E-state index contributed by atoms with van der Waals surface area (Å²) in [5.41, 5.74) is 9.63. The maximum absolute atomic E-state index is 10.9. The predicted octanol–water partition coefficient (Wildman–Crippen LogP) is 9.08. The smallest absolute Gasteiger partial charge is 0.468 e. The van der Waals surface area contributed by atoms with Gasteiger partial charge in [-0.05, 0) is 98.5 Å². The van der Waals surface area contributed by atoms with E-state index < -0.39 is 6.16 Å². The van der Waals surface area contributed by atoms with Crippen LogP contribution in [0.25, 0.3) is 33.4 Å². The molecule has 0 aliphatic heterocycles. The molecular weight excluding hydrogens is 500 g/mol. The molecule has 1 aliphatic rings. The molecule has 4 aromatic rings. The molecule has 40 heavy (non-hydrogen) atoms. The van der Waals surface area contributed by atoms with Crippen LogP contribution in [0.5, 0.6) is 11.5 Å². The summed E-state index contributed by atoms with van der Waals surface area (Å²) in [4.78, 5) is 10.9. The highest BCUT2D eigenvalue weighted by atomic mass is 16.7. The Bertz CT molecular complexity index is 1510. The van der Waals surface area contributed by atoms with Gasteiger partial charge in [0.1, 0.15) is 11.5 Å². The number of carboxylic acid groups (broad SMARTS) is 1. The summed E-state index contributed by atoms with van der Waals surface area (Å²) in [5, 5.41) is 8.93. The fourth-order valence-corrected chi connectivity index (χ4v) is 5.64. The van der Waals surface area contributed by atoms with Gasteiger partial charge in [-0.3, -0.25) is 0 Å². The third kappa shape index (κ3) is 5.61. The lowest BCUT2D eigenvalue weighted by Crippen LogP contribution is -2.33. The first kappa shape index (κ1) is 27.5. The molecule has 0 heterocycles. The number of hydrogen-bond donors (Lipinski definition) is 1. The summed E-state index contributed by atoms with van der Waals surface area (Å²) in [5.74, 6) is 1.05. The van der Waals surface area contributed by atoms with Crippen molar-refractivity contribution in [2.75, 3.05) is 13.9 Å². The average molecular weight is 537 g/mol. The first-order chi connectivity index (χ1) is 19.1. The number of carbonyl (C=O) groups is 1. The fraction of sp³-hybridized carbons (Fsp3) is 0.286. The zero-order chi connectivity index (χ0) is 28.5. The Hall–Kier alpha value is -4.09. The second-order valence-corrected chi connectivity index (χ2v) is 11.8. The zero-order valence-corrected chi connectivity index (χ0v) is 23.8. The number of rotatable bonds is 7. The van der Waals surface area contributed by atoms with E-state index in [-0.39, 0.29) is 17.6 Å². The highest BCUT2D eigenvalue weighted by Crippen LogP contribution is 2.47. The molecule has 0 aromatic heterocycles. The maximum Gasteiger partial charge on any atom is 0.511 e. The molecular formula is C35H36O5. The van der Waals surface area contributed by atoms with Gasteiger partial charge in [0.15, 0.2) is 6.79 Å². The van der Waals surface area contributed by atoms with E-state index in [0.717, 1.165) is 40.0 Å². The fourth-order valence-electron chi connectivity index (χ4n) is 5.64. The summed E-state index contributed by atoms with van der Waals surface area (Å²) in [6.07, 6.45) is 1.000. The lowest BCUT2D eigenvalue weighted by molar-refractivity contribution is 0.0511. The molecule has 0 saturated carbocycles. The first-order valence-corrected chi connectivity index (χ1v) is 13.6. The molecule has 0 atom stereocenters. The van der Waals surface area contributed by atoms with E-state index in [1.807, 2.05) is 24.3 Å². The lowest BCUT2D eigenvalue weighted by atomic mass is 9.63. The molecule has 0 radical (unpaired) electrons. The van der Waals surface area contributed by atoms with Crippen LogP contribution in [0.15, 0.2) is 84.9 Å². The number of benzene rings is 4. The minimum Gasteiger partial charge on any atom is -0.468 e. The van der Waals surface area contributed by atoms with Gasteiger partial charge < -0.3 is 19.3 Å². The highest BCUT2D eigenvalue weighted by molar-refractivity contribution is 5.88. The predicted molar refractivity (Wildman–Crippen MR) is 159 cm³/mol. The summed E-state index contributed by atoms with van der Waals surface area (Å²) in [6, 6.07) is 28.7. The van der Waals surface area contributed by atoms with Gasteiger partial charge in [0.25, 0.3) is 0 Å². The number of methoxy groups -OCH3 is 1. The Morgan fingerprint density at radius 3 is 1.90 bits per heavy atom. The standard InChI is InChI=1S/C35H36O5/c1-34(2)18-19-35(3,4)32-21-26(11-17-31(32)34)30-20-25(23-6-14-28(15-7-23)40-33(36)37)10-16-29(30)24-8-12-27(13-9-24)39-22-38-5/h6-17,20-21H,18-19,22H2,1-5H3,(H,36,37). The Morgan fingerprint density at radius 1 is 0.675 bits per heavy atom. The van der Waals surface area contributed by atoms with E-state index in [4.69, 9.17) is 19.3 Å². The van der Waals surface area contributed by atoms with Crippen molar-refractivity contribution in [1.82, 2.24) is 0 Å². The van der Waals surface area contributed by atoms with Crippen LogP contribution < -0.4 is 9.47 Å². The van der Waals surface area contributed by atoms with Crippen LogP contribution in [-0.4, -0.2) is 25.2 Å². The average Bonchev–Trinajstić information content (AvgIpc) is 2.94. The van der Waals surface area contributed by atoms with Crippen molar-refractivity contribution < 1.29 is 24.1 Å². The van der Waals surface area contributed by atoms with Crippen molar-refractivity contribution in [1.29, 1.82) is 0 Å². The molecule has 5 heteroatoms. The third-order valence-electron chi connectivity index (χ3n) is 8.08. The van der Waals surface area contributed by atoms with Crippen LogP contribution in [0.2, 0.25) is 0 Å². The summed E-state index contributed by atoms with van der Waals surface area (Å²) in [6.45, 7) is 9.59. The summed E-state index contributed by atoms with van der Waals surface area (Å²) < 4.78 is 15.4. The topological polar surface area (TPSA) is 65.0 Å². The minimum atomic E-state index is -1.32. The van der Waals surface area contributed by atoms with Gasteiger partial charge in [0, 0.05) is 7.11 Å². The van der Waals surface area contributed by atoms with Gasteiger partial charge in [-0.25, -0.2) is 4.79 Å². The molecule has 0 saturated heterocycles. The lowest BCUT2D eigenvalue weighted by Gasteiger charge is -2.42. The summed E-state index contributed by atoms with van der Waals surface area (Å²) >= 11 is 0. The quantitative estimate of drug-likeness (QED) is 0.145. The van der Waals surface area contributed by atoms with E-state index >= 15 is 0 Å². The van der Waals surface area contributed by atoms with Gasteiger partial charge in [-0.2, -0.15) is 0 Å². The van der Waals surface area contributed by atoms with Gasteiger partial charge in [0.2, 0.25) is 0 Å². The molecule has 5 nitrogen and oxygen atoms in total. The van der Waals surface area contributed by atoms with E-state index in [9.17, 15) is 4.79 Å². The molecule has 0 amide bonds. The molecule has 0 spiro atoms. The van der Waals surface area contributed by atoms with Gasteiger partial charge in [-0.1, -0.05) is 82.3 Å². The van der Waals surface area contributed by atoms with E-state index in [1.165, 1.54) is 23.1 Å². The molecule has 206 valence electrons. The van der Waals surface area contributed by atoms with Crippen molar-refractivity contribution >= 4 is 6.16 Å². The van der Waals surface area contributed by atoms with Gasteiger partial charge in [-0.15, -0.1) is 0 Å². The van der Waals surface area contributed by atoms with E-state index in [0.29, 0.717) is 5.75 Å². The third-order valence-corrected chi connectivity index (χ3v) is 8.08. The highest BCUT2D eigenvalue weighted by Gasteiger charge is 2.37.